The van der Waals surface area contributed by atoms with Crippen LogP contribution in [0.25, 0.3) is 0 Å². The molecule has 0 heterocycles. The van der Waals surface area contributed by atoms with Crippen molar-refractivity contribution in [3.8, 4) is 0 Å². The van der Waals surface area contributed by atoms with Crippen LogP contribution >= 0.6 is 15.9 Å². The van der Waals surface area contributed by atoms with Gasteiger partial charge in [-0.05, 0) is 43.7 Å². The van der Waals surface area contributed by atoms with Crippen LogP contribution in [-0.4, -0.2) is 41.9 Å². The zero-order chi connectivity index (χ0) is 20.5. The second-order valence-electron chi connectivity index (χ2n) is 6.45. The van der Waals surface area contributed by atoms with E-state index in [1.807, 2.05) is 44.2 Å². The summed E-state index contributed by atoms with van der Waals surface area (Å²) in [5.41, 5.74) is 1.43. The topological polar surface area (TPSA) is 75.7 Å². The standard InChI is InChI=1S/C21H23BrN2O4/c1-15(2)24(13-16-6-4-3-5-7-16)19(25)14-28-20(26)12-23-21(27)17-8-10-18(22)11-9-17/h3-11,15H,12-14H2,1-2H3,(H,23,27). The summed E-state index contributed by atoms with van der Waals surface area (Å²) in [4.78, 5) is 37.9. The average molecular weight is 447 g/mol. The Morgan fingerprint density at radius 1 is 1.04 bits per heavy atom. The van der Waals surface area contributed by atoms with Crippen molar-refractivity contribution in [2.75, 3.05) is 13.2 Å². The lowest BCUT2D eigenvalue weighted by molar-refractivity contribution is -0.152. The zero-order valence-corrected chi connectivity index (χ0v) is 17.4. The van der Waals surface area contributed by atoms with Gasteiger partial charge in [0.2, 0.25) is 0 Å². The first-order valence-electron chi connectivity index (χ1n) is 8.89. The van der Waals surface area contributed by atoms with Crippen molar-refractivity contribution in [3.63, 3.8) is 0 Å². The lowest BCUT2D eigenvalue weighted by Crippen LogP contribution is -2.40. The Morgan fingerprint density at radius 2 is 1.68 bits per heavy atom. The molecule has 0 aromatic heterocycles. The van der Waals surface area contributed by atoms with Gasteiger partial charge in [-0.3, -0.25) is 14.4 Å². The Labute approximate surface area is 173 Å². The van der Waals surface area contributed by atoms with Gasteiger partial charge >= 0.3 is 5.97 Å². The van der Waals surface area contributed by atoms with Crippen LogP contribution in [0.1, 0.15) is 29.8 Å². The molecule has 0 fully saturated rings. The van der Waals surface area contributed by atoms with Gasteiger partial charge in [-0.2, -0.15) is 0 Å². The number of carbonyl (C=O) groups is 3. The number of hydrogen-bond donors (Lipinski definition) is 1. The molecule has 0 aliphatic rings. The molecule has 2 aromatic rings. The molecule has 0 aliphatic carbocycles. The number of amides is 2. The maximum atomic E-state index is 12.4. The zero-order valence-electron chi connectivity index (χ0n) is 15.9. The molecule has 6 nitrogen and oxygen atoms in total. The molecule has 2 amide bonds. The molecule has 0 atom stereocenters. The largest absolute Gasteiger partial charge is 0.454 e. The van der Waals surface area contributed by atoms with Crippen molar-refractivity contribution in [3.05, 3.63) is 70.2 Å². The first-order chi connectivity index (χ1) is 13.4. The number of ether oxygens (including phenoxy) is 1. The predicted octanol–water partition coefficient (Wildman–Crippen LogP) is 3.16. The van der Waals surface area contributed by atoms with Crippen LogP contribution < -0.4 is 5.32 Å². The van der Waals surface area contributed by atoms with Crippen molar-refractivity contribution < 1.29 is 19.1 Å². The highest BCUT2D eigenvalue weighted by Crippen LogP contribution is 2.10. The molecule has 0 saturated carbocycles. The van der Waals surface area contributed by atoms with E-state index in [9.17, 15) is 14.4 Å². The summed E-state index contributed by atoms with van der Waals surface area (Å²) in [6.07, 6.45) is 0. The highest BCUT2D eigenvalue weighted by molar-refractivity contribution is 9.10. The van der Waals surface area contributed by atoms with Gasteiger partial charge in [0.15, 0.2) is 6.61 Å². The van der Waals surface area contributed by atoms with Crippen LogP contribution in [0.2, 0.25) is 0 Å². The van der Waals surface area contributed by atoms with Gasteiger partial charge in [0.05, 0.1) is 0 Å². The van der Waals surface area contributed by atoms with Crippen LogP contribution in [0.3, 0.4) is 0 Å². The number of esters is 1. The summed E-state index contributed by atoms with van der Waals surface area (Å²) in [7, 11) is 0. The molecular weight excluding hydrogens is 424 g/mol. The fraction of sp³-hybridized carbons (Fsp3) is 0.286. The van der Waals surface area contributed by atoms with E-state index in [0.717, 1.165) is 10.0 Å². The summed E-state index contributed by atoms with van der Waals surface area (Å²) in [5.74, 6) is -1.34. The number of nitrogens with zero attached hydrogens (tertiary/aromatic N) is 1. The van der Waals surface area contributed by atoms with Crippen molar-refractivity contribution in [1.29, 1.82) is 0 Å². The van der Waals surface area contributed by atoms with E-state index in [4.69, 9.17) is 4.74 Å². The quantitative estimate of drug-likeness (QED) is 0.631. The number of nitrogens with one attached hydrogen (secondary N) is 1. The third-order valence-corrected chi connectivity index (χ3v) is 4.52. The first-order valence-corrected chi connectivity index (χ1v) is 9.69. The molecule has 2 aromatic carbocycles. The summed E-state index contributed by atoms with van der Waals surface area (Å²) >= 11 is 3.29. The molecule has 1 N–H and O–H groups in total. The Bertz CT molecular complexity index is 807. The highest BCUT2D eigenvalue weighted by atomic mass is 79.9. The van der Waals surface area contributed by atoms with Crippen LogP contribution in [0.15, 0.2) is 59.1 Å². The normalized spacial score (nSPS) is 10.4. The van der Waals surface area contributed by atoms with Crippen molar-refractivity contribution >= 4 is 33.7 Å². The van der Waals surface area contributed by atoms with E-state index in [1.54, 1.807) is 29.2 Å². The lowest BCUT2D eigenvalue weighted by Gasteiger charge is -2.26. The number of rotatable bonds is 8. The Kier molecular flexibility index (Phi) is 8.19. The molecular formula is C21H23BrN2O4. The van der Waals surface area contributed by atoms with Gasteiger partial charge in [-0.25, -0.2) is 0 Å². The van der Waals surface area contributed by atoms with Gasteiger partial charge in [0, 0.05) is 22.6 Å². The molecule has 0 unspecified atom stereocenters. The summed E-state index contributed by atoms with van der Waals surface area (Å²) < 4.78 is 5.88. The molecule has 0 aliphatic heterocycles. The third-order valence-electron chi connectivity index (χ3n) is 4.00. The molecule has 0 radical (unpaired) electrons. The van der Waals surface area contributed by atoms with E-state index >= 15 is 0 Å². The monoisotopic (exact) mass is 446 g/mol. The minimum atomic E-state index is -0.665. The Balaban J connectivity index is 1.80. The van der Waals surface area contributed by atoms with E-state index < -0.39 is 5.97 Å². The maximum Gasteiger partial charge on any atom is 0.325 e. The number of benzene rings is 2. The van der Waals surface area contributed by atoms with Crippen molar-refractivity contribution in [2.45, 2.75) is 26.4 Å². The number of carbonyl (C=O) groups excluding carboxylic acids is 3. The fourth-order valence-electron chi connectivity index (χ4n) is 2.47. The molecule has 0 spiro atoms. The molecule has 2 rings (SSSR count). The smallest absolute Gasteiger partial charge is 0.325 e. The van der Waals surface area contributed by atoms with Crippen molar-refractivity contribution in [2.24, 2.45) is 0 Å². The minimum Gasteiger partial charge on any atom is -0.454 e. The van der Waals surface area contributed by atoms with E-state index in [1.165, 1.54) is 0 Å². The molecule has 0 bridgehead atoms. The van der Waals surface area contributed by atoms with Crippen molar-refractivity contribution in [1.82, 2.24) is 10.2 Å². The predicted molar refractivity (Wildman–Crippen MR) is 110 cm³/mol. The molecule has 7 heteroatoms. The van der Waals surface area contributed by atoms with E-state index in [-0.39, 0.29) is 31.0 Å². The first kappa shape index (κ1) is 21.6. The molecule has 148 valence electrons. The van der Waals surface area contributed by atoms with Crippen LogP contribution in [-0.2, 0) is 20.9 Å². The number of halogens is 1. The third kappa shape index (κ3) is 6.81. The highest BCUT2D eigenvalue weighted by Gasteiger charge is 2.19. The minimum absolute atomic E-state index is 0.0384. The average Bonchev–Trinajstić information content (AvgIpc) is 2.69. The summed E-state index contributed by atoms with van der Waals surface area (Å²) in [6, 6.07) is 16.3. The summed E-state index contributed by atoms with van der Waals surface area (Å²) in [6.45, 7) is 3.58. The Morgan fingerprint density at radius 3 is 2.29 bits per heavy atom. The molecule has 28 heavy (non-hydrogen) atoms. The second-order valence-corrected chi connectivity index (χ2v) is 7.37. The second kappa shape index (κ2) is 10.6. The lowest BCUT2D eigenvalue weighted by atomic mass is 10.2. The van der Waals surface area contributed by atoms with Crippen LogP contribution in [0.4, 0.5) is 0 Å². The Hall–Kier alpha value is -2.67. The van der Waals surface area contributed by atoms with Gasteiger partial charge in [-0.1, -0.05) is 46.3 Å². The van der Waals surface area contributed by atoms with E-state index in [0.29, 0.717) is 12.1 Å². The SMILES string of the molecule is CC(C)N(Cc1ccccc1)C(=O)COC(=O)CNC(=O)c1ccc(Br)cc1. The van der Waals surface area contributed by atoms with Gasteiger partial charge < -0.3 is 15.0 Å². The maximum absolute atomic E-state index is 12.4. The van der Waals surface area contributed by atoms with Crippen LogP contribution in [0, 0.1) is 0 Å². The number of hydrogen-bond acceptors (Lipinski definition) is 4. The molecule has 0 saturated heterocycles. The van der Waals surface area contributed by atoms with Gasteiger partial charge in [-0.15, -0.1) is 0 Å². The van der Waals surface area contributed by atoms with Gasteiger partial charge in [0.25, 0.3) is 11.8 Å². The fourth-order valence-corrected chi connectivity index (χ4v) is 2.74. The van der Waals surface area contributed by atoms with Gasteiger partial charge in [0.1, 0.15) is 6.54 Å². The summed E-state index contributed by atoms with van der Waals surface area (Å²) in [5, 5.41) is 2.48. The van der Waals surface area contributed by atoms with E-state index in [2.05, 4.69) is 21.2 Å². The van der Waals surface area contributed by atoms with Crippen LogP contribution in [0.5, 0.6) is 0 Å².